The topological polar surface area (TPSA) is 46.5 Å². The Balaban J connectivity index is 1.96. The van der Waals surface area contributed by atoms with Gasteiger partial charge in [-0.25, -0.2) is 13.6 Å². The predicted molar refractivity (Wildman–Crippen MR) is 85.5 cm³/mol. The van der Waals surface area contributed by atoms with E-state index >= 15 is 0 Å². The lowest BCUT2D eigenvalue weighted by Gasteiger charge is -2.48. The monoisotopic (exact) mass is 332 g/mol. The van der Waals surface area contributed by atoms with Crippen LogP contribution in [0.5, 0.6) is 5.75 Å². The fraction of sp³-hybridized carbons (Fsp3) is 0.316. The first-order valence-corrected chi connectivity index (χ1v) is 7.81. The number of esters is 1. The standard InChI is InChI=1S/C19H18F2O3/c1-2-24-17(23)13-3-5-14(6-4-13)18(11-19(20,21)12-18)15-7-9-16(22)10-8-15/h3-10,22H,2,11-12H2,1H3. The molecule has 0 amide bonds. The van der Waals surface area contributed by atoms with Gasteiger partial charge in [-0.1, -0.05) is 24.3 Å². The van der Waals surface area contributed by atoms with Gasteiger partial charge in [0.1, 0.15) is 5.75 Å². The summed E-state index contributed by atoms with van der Waals surface area (Å²) >= 11 is 0. The third kappa shape index (κ3) is 2.86. The van der Waals surface area contributed by atoms with Crippen LogP contribution < -0.4 is 0 Å². The number of carbonyl (C=O) groups excluding carboxylic acids is 1. The van der Waals surface area contributed by atoms with Crippen molar-refractivity contribution < 1.29 is 23.4 Å². The van der Waals surface area contributed by atoms with Gasteiger partial charge in [0.2, 0.25) is 0 Å². The molecule has 1 saturated carbocycles. The van der Waals surface area contributed by atoms with E-state index in [0.29, 0.717) is 5.56 Å². The summed E-state index contributed by atoms with van der Waals surface area (Å²) in [4.78, 5) is 11.7. The molecule has 1 aliphatic carbocycles. The molecule has 0 saturated heterocycles. The van der Waals surface area contributed by atoms with Crippen molar-refractivity contribution in [2.24, 2.45) is 0 Å². The number of carbonyl (C=O) groups is 1. The Labute approximate surface area is 138 Å². The number of hydrogen-bond acceptors (Lipinski definition) is 3. The molecule has 126 valence electrons. The number of phenolic OH excluding ortho intramolecular Hbond substituents is 1. The number of benzene rings is 2. The minimum absolute atomic E-state index is 0.0950. The molecule has 2 aromatic rings. The van der Waals surface area contributed by atoms with Crippen molar-refractivity contribution in [1.82, 2.24) is 0 Å². The van der Waals surface area contributed by atoms with Crippen LogP contribution in [0.3, 0.4) is 0 Å². The zero-order chi connectivity index (χ0) is 17.4. The molecule has 1 aliphatic rings. The smallest absolute Gasteiger partial charge is 0.338 e. The zero-order valence-corrected chi connectivity index (χ0v) is 13.3. The highest BCUT2D eigenvalue weighted by Crippen LogP contribution is 2.57. The van der Waals surface area contributed by atoms with Crippen molar-refractivity contribution >= 4 is 5.97 Å². The van der Waals surface area contributed by atoms with Gasteiger partial charge in [0.25, 0.3) is 5.92 Å². The number of rotatable bonds is 4. The van der Waals surface area contributed by atoms with Crippen LogP contribution in [0.2, 0.25) is 0 Å². The average molecular weight is 332 g/mol. The second-order valence-corrected chi connectivity index (χ2v) is 6.14. The summed E-state index contributed by atoms with van der Waals surface area (Å²) in [5.74, 6) is -3.04. The highest BCUT2D eigenvalue weighted by atomic mass is 19.3. The Morgan fingerprint density at radius 2 is 1.54 bits per heavy atom. The summed E-state index contributed by atoms with van der Waals surface area (Å²) in [6.45, 7) is 2.01. The summed E-state index contributed by atoms with van der Waals surface area (Å²) in [7, 11) is 0. The van der Waals surface area contributed by atoms with Gasteiger partial charge in [0.15, 0.2) is 0 Å². The zero-order valence-electron chi connectivity index (χ0n) is 13.3. The Hall–Kier alpha value is -2.43. The highest BCUT2D eigenvalue weighted by Gasteiger charge is 2.58. The van der Waals surface area contributed by atoms with E-state index in [4.69, 9.17) is 4.74 Å². The summed E-state index contributed by atoms with van der Waals surface area (Å²) < 4.78 is 32.3. The maximum Gasteiger partial charge on any atom is 0.338 e. The second-order valence-electron chi connectivity index (χ2n) is 6.14. The van der Waals surface area contributed by atoms with Crippen molar-refractivity contribution in [3.63, 3.8) is 0 Å². The fourth-order valence-corrected chi connectivity index (χ4v) is 3.33. The van der Waals surface area contributed by atoms with E-state index in [1.165, 1.54) is 12.1 Å². The van der Waals surface area contributed by atoms with Crippen molar-refractivity contribution in [3.05, 3.63) is 65.2 Å². The molecule has 0 spiro atoms. The number of ether oxygens (including phenoxy) is 1. The van der Waals surface area contributed by atoms with Crippen LogP contribution >= 0.6 is 0 Å². The summed E-state index contributed by atoms with van der Waals surface area (Å²) in [5.41, 5.74) is 1.06. The van der Waals surface area contributed by atoms with Crippen molar-refractivity contribution in [2.45, 2.75) is 31.1 Å². The molecule has 0 heterocycles. The molecule has 0 atom stereocenters. The van der Waals surface area contributed by atoms with Gasteiger partial charge in [-0.2, -0.15) is 0 Å². The third-order valence-corrected chi connectivity index (χ3v) is 4.49. The molecular formula is C19H18F2O3. The Morgan fingerprint density at radius 3 is 2.00 bits per heavy atom. The first-order valence-electron chi connectivity index (χ1n) is 7.81. The van der Waals surface area contributed by atoms with Crippen LogP contribution in [0, 0.1) is 0 Å². The van der Waals surface area contributed by atoms with Crippen LogP contribution in [0.4, 0.5) is 8.78 Å². The molecule has 0 aromatic heterocycles. The molecule has 0 unspecified atom stereocenters. The van der Waals surface area contributed by atoms with Crippen LogP contribution in [0.25, 0.3) is 0 Å². The molecule has 1 N–H and O–H groups in total. The summed E-state index contributed by atoms with van der Waals surface area (Å²) in [6.07, 6.45) is -0.576. The number of halogens is 2. The molecule has 0 radical (unpaired) electrons. The van der Waals surface area contributed by atoms with Gasteiger partial charge in [0.05, 0.1) is 12.2 Å². The van der Waals surface area contributed by atoms with E-state index in [2.05, 4.69) is 0 Å². The third-order valence-electron chi connectivity index (χ3n) is 4.49. The quantitative estimate of drug-likeness (QED) is 0.850. The highest BCUT2D eigenvalue weighted by molar-refractivity contribution is 5.89. The van der Waals surface area contributed by atoms with Crippen LogP contribution in [-0.4, -0.2) is 23.6 Å². The molecular weight excluding hydrogens is 314 g/mol. The maximum atomic E-state index is 13.7. The van der Waals surface area contributed by atoms with Crippen LogP contribution in [0.1, 0.15) is 41.3 Å². The summed E-state index contributed by atoms with van der Waals surface area (Å²) in [5, 5.41) is 9.43. The lowest BCUT2D eigenvalue weighted by Crippen LogP contribution is -2.50. The van der Waals surface area contributed by atoms with E-state index < -0.39 is 17.3 Å². The molecule has 0 bridgehead atoms. The first kappa shape index (κ1) is 16.4. The summed E-state index contributed by atoms with van der Waals surface area (Å²) in [6, 6.07) is 13.0. The minimum Gasteiger partial charge on any atom is -0.508 e. The Bertz CT molecular complexity index is 728. The average Bonchev–Trinajstić information content (AvgIpc) is 2.53. The van der Waals surface area contributed by atoms with E-state index in [9.17, 15) is 18.7 Å². The molecule has 24 heavy (non-hydrogen) atoms. The van der Waals surface area contributed by atoms with E-state index in [1.54, 1.807) is 43.3 Å². The van der Waals surface area contributed by atoms with Gasteiger partial charge >= 0.3 is 5.97 Å². The Kier molecular flexibility index (Phi) is 4.03. The maximum absolute atomic E-state index is 13.7. The van der Waals surface area contributed by atoms with E-state index in [1.807, 2.05) is 0 Å². The van der Waals surface area contributed by atoms with E-state index in [0.717, 1.165) is 11.1 Å². The molecule has 2 aromatic carbocycles. The van der Waals surface area contributed by atoms with Gasteiger partial charge in [-0.3, -0.25) is 0 Å². The second kappa shape index (κ2) is 5.89. The lowest BCUT2D eigenvalue weighted by molar-refractivity contribution is -0.113. The van der Waals surface area contributed by atoms with Gasteiger partial charge < -0.3 is 9.84 Å². The van der Waals surface area contributed by atoms with E-state index in [-0.39, 0.29) is 25.2 Å². The van der Waals surface area contributed by atoms with Crippen molar-refractivity contribution in [2.75, 3.05) is 6.61 Å². The number of alkyl halides is 2. The lowest BCUT2D eigenvalue weighted by atomic mass is 9.58. The molecule has 5 heteroatoms. The predicted octanol–water partition coefficient (Wildman–Crippen LogP) is 4.28. The van der Waals surface area contributed by atoms with Gasteiger partial charge in [0, 0.05) is 18.3 Å². The SMILES string of the molecule is CCOC(=O)c1ccc(C2(c3ccc(O)cc3)CC(F)(F)C2)cc1. The van der Waals surface area contributed by atoms with Gasteiger partial charge in [-0.15, -0.1) is 0 Å². The number of aromatic hydroxyl groups is 1. The fourth-order valence-electron chi connectivity index (χ4n) is 3.33. The first-order chi connectivity index (χ1) is 11.4. The van der Waals surface area contributed by atoms with Crippen LogP contribution in [0.15, 0.2) is 48.5 Å². The van der Waals surface area contributed by atoms with Crippen molar-refractivity contribution in [3.8, 4) is 5.75 Å². The van der Waals surface area contributed by atoms with Gasteiger partial charge in [-0.05, 0) is 42.3 Å². The molecule has 3 nitrogen and oxygen atoms in total. The largest absolute Gasteiger partial charge is 0.508 e. The normalized spacial score (nSPS) is 17.8. The Morgan fingerprint density at radius 1 is 1.04 bits per heavy atom. The van der Waals surface area contributed by atoms with Crippen molar-refractivity contribution in [1.29, 1.82) is 0 Å². The van der Waals surface area contributed by atoms with Crippen LogP contribution in [-0.2, 0) is 10.2 Å². The number of phenols is 1. The minimum atomic E-state index is -2.71. The number of hydrogen-bond donors (Lipinski definition) is 1. The molecule has 0 aliphatic heterocycles. The molecule has 1 fully saturated rings. The molecule has 3 rings (SSSR count).